The van der Waals surface area contributed by atoms with Crippen LogP contribution in [-0.2, 0) is 16.2 Å². The zero-order chi connectivity index (χ0) is 27.1. The Morgan fingerprint density at radius 2 is 1.54 bits per heavy atom. The molecule has 0 aliphatic rings. The summed E-state index contributed by atoms with van der Waals surface area (Å²) in [6, 6.07) is 12.6. The molecule has 0 radical (unpaired) electrons. The van der Waals surface area contributed by atoms with Crippen LogP contribution in [0.3, 0.4) is 0 Å². The van der Waals surface area contributed by atoms with Gasteiger partial charge < -0.3 is 15.3 Å². The first-order valence-corrected chi connectivity index (χ1v) is 12.5. The minimum absolute atomic E-state index is 0.0302. The Hall–Kier alpha value is -4.18. The van der Waals surface area contributed by atoms with E-state index in [-0.39, 0.29) is 39.1 Å². The first-order valence-electron chi connectivity index (χ1n) is 11.0. The van der Waals surface area contributed by atoms with Crippen LogP contribution >= 0.6 is 0 Å². The van der Waals surface area contributed by atoms with Gasteiger partial charge in [0.15, 0.2) is 0 Å². The van der Waals surface area contributed by atoms with Crippen LogP contribution in [0.25, 0.3) is 28.0 Å². The van der Waals surface area contributed by atoms with Crippen molar-refractivity contribution in [3.63, 3.8) is 0 Å². The molecule has 6 nitrogen and oxygen atoms in total. The second-order valence-corrected chi connectivity index (χ2v) is 10.0. The van der Waals surface area contributed by atoms with Crippen molar-refractivity contribution in [2.24, 2.45) is 0 Å². The van der Waals surface area contributed by atoms with Gasteiger partial charge in [-0.1, -0.05) is 42.5 Å². The molecule has 0 atom stereocenters. The fourth-order valence-corrected chi connectivity index (χ4v) is 5.22. The van der Waals surface area contributed by atoms with Crippen molar-refractivity contribution in [1.82, 2.24) is 0 Å². The number of phenols is 3. The van der Waals surface area contributed by atoms with Crippen molar-refractivity contribution in [3.8, 4) is 28.4 Å². The zero-order valence-corrected chi connectivity index (χ0v) is 20.4. The Balaban J connectivity index is 1.96. The molecular formula is C27H22F3NO5S. The monoisotopic (exact) mass is 529 g/mol. The highest BCUT2D eigenvalue weighted by atomic mass is 32.2. The van der Waals surface area contributed by atoms with Gasteiger partial charge in [-0.15, -0.1) is 0 Å². The van der Waals surface area contributed by atoms with E-state index in [9.17, 15) is 36.9 Å². The standard InChI is InChI=1S/C27H22F3NO5S/c1-3-6-17-15(2)9-11-24(33)25(17)20-14-22(18-7-4-5-8-19(18)26(20)34)31-37(35,36)16-10-12-23(32)21(13-16)27(28,29)30/h3-14,31-34H,1-2H3/b6-3-. The fraction of sp³-hybridized carbons (Fsp3) is 0.111. The van der Waals surface area contributed by atoms with Gasteiger partial charge in [0.05, 0.1) is 16.1 Å². The van der Waals surface area contributed by atoms with Gasteiger partial charge in [0.2, 0.25) is 0 Å². The summed E-state index contributed by atoms with van der Waals surface area (Å²) >= 11 is 0. The highest BCUT2D eigenvalue weighted by Gasteiger charge is 2.35. The number of benzene rings is 4. The van der Waals surface area contributed by atoms with Gasteiger partial charge in [-0.05, 0) is 55.3 Å². The lowest BCUT2D eigenvalue weighted by atomic mass is 9.91. The quantitative estimate of drug-likeness (QED) is 0.213. The highest BCUT2D eigenvalue weighted by Crippen LogP contribution is 2.46. The number of nitrogens with one attached hydrogen (secondary N) is 1. The molecule has 0 aliphatic heterocycles. The predicted molar refractivity (Wildman–Crippen MR) is 136 cm³/mol. The topological polar surface area (TPSA) is 107 Å². The average Bonchev–Trinajstić information content (AvgIpc) is 2.83. The van der Waals surface area contributed by atoms with Crippen LogP contribution in [0.2, 0.25) is 0 Å². The van der Waals surface area contributed by atoms with Gasteiger partial charge in [0.25, 0.3) is 10.0 Å². The van der Waals surface area contributed by atoms with Crippen molar-refractivity contribution in [1.29, 1.82) is 0 Å². The molecule has 0 spiro atoms. The van der Waals surface area contributed by atoms with E-state index in [0.717, 1.165) is 11.6 Å². The van der Waals surface area contributed by atoms with Crippen LogP contribution < -0.4 is 4.72 Å². The number of anilines is 1. The fourth-order valence-electron chi connectivity index (χ4n) is 4.12. The average molecular weight is 530 g/mol. The molecule has 4 aromatic carbocycles. The number of aromatic hydroxyl groups is 3. The lowest BCUT2D eigenvalue weighted by molar-refractivity contribution is -0.138. The number of fused-ring (bicyclic) bond motifs is 1. The Morgan fingerprint density at radius 3 is 2.19 bits per heavy atom. The maximum atomic E-state index is 13.3. The van der Waals surface area contributed by atoms with Crippen LogP contribution in [0, 0.1) is 6.92 Å². The van der Waals surface area contributed by atoms with E-state index >= 15 is 0 Å². The summed E-state index contributed by atoms with van der Waals surface area (Å²) in [6.07, 6.45) is -1.49. The normalized spacial score (nSPS) is 12.4. The molecule has 4 aromatic rings. The van der Waals surface area contributed by atoms with Gasteiger partial charge in [-0.25, -0.2) is 8.42 Å². The number of aryl methyl sites for hydroxylation is 1. The van der Waals surface area contributed by atoms with Gasteiger partial charge >= 0.3 is 6.18 Å². The Morgan fingerprint density at radius 1 is 0.892 bits per heavy atom. The number of rotatable bonds is 5. The molecule has 0 heterocycles. The third-order valence-corrected chi connectivity index (χ3v) is 7.25. The van der Waals surface area contributed by atoms with Gasteiger partial charge in [-0.2, -0.15) is 13.2 Å². The first-order chi connectivity index (χ1) is 17.3. The zero-order valence-electron chi connectivity index (χ0n) is 19.6. The Bertz CT molecular complexity index is 1660. The summed E-state index contributed by atoms with van der Waals surface area (Å²) in [5, 5.41) is 32.0. The minimum atomic E-state index is -4.97. The van der Waals surface area contributed by atoms with Gasteiger partial charge in [0.1, 0.15) is 17.2 Å². The number of hydrogen-bond donors (Lipinski definition) is 4. The van der Waals surface area contributed by atoms with E-state index in [0.29, 0.717) is 17.7 Å². The maximum Gasteiger partial charge on any atom is 0.419 e. The van der Waals surface area contributed by atoms with Gasteiger partial charge in [-0.3, -0.25) is 4.72 Å². The summed E-state index contributed by atoms with van der Waals surface area (Å²) in [7, 11) is -4.57. The molecule has 0 bridgehead atoms. The summed E-state index contributed by atoms with van der Waals surface area (Å²) in [5.41, 5.74) is 0.224. The lowest BCUT2D eigenvalue weighted by Gasteiger charge is -2.18. The van der Waals surface area contributed by atoms with Crippen molar-refractivity contribution >= 4 is 32.6 Å². The van der Waals surface area contributed by atoms with E-state index in [1.807, 2.05) is 6.92 Å². The number of allylic oxidation sites excluding steroid dienone is 1. The third-order valence-electron chi connectivity index (χ3n) is 5.89. The van der Waals surface area contributed by atoms with E-state index < -0.39 is 32.4 Å². The van der Waals surface area contributed by atoms with E-state index in [4.69, 9.17) is 0 Å². The highest BCUT2D eigenvalue weighted by molar-refractivity contribution is 7.92. The first kappa shape index (κ1) is 25.9. The molecule has 0 fully saturated rings. The van der Waals surface area contributed by atoms with Gasteiger partial charge in [0, 0.05) is 21.9 Å². The molecule has 0 unspecified atom stereocenters. The minimum Gasteiger partial charge on any atom is -0.507 e. The van der Waals surface area contributed by atoms with Crippen molar-refractivity contribution in [2.75, 3.05) is 4.72 Å². The van der Waals surface area contributed by atoms with Crippen LogP contribution in [0.4, 0.5) is 18.9 Å². The molecule has 37 heavy (non-hydrogen) atoms. The predicted octanol–water partition coefficient (Wildman–Crippen LogP) is 6.78. The smallest absolute Gasteiger partial charge is 0.419 e. The van der Waals surface area contributed by atoms with Crippen molar-refractivity contribution in [3.05, 3.63) is 83.4 Å². The second kappa shape index (κ2) is 9.36. The Kier molecular flexibility index (Phi) is 6.55. The molecule has 4 N–H and O–H groups in total. The molecule has 4 rings (SSSR count). The van der Waals surface area contributed by atoms with E-state index in [1.54, 1.807) is 43.3 Å². The third kappa shape index (κ3) is 4.79. The summed E-state index contributed by atoms with van der Waals surface area (Å²) in [5.74, 6) is -1.48. The van der Waals surface area contributed by atoms with Crippen molar-refractivity contribution < 1.29 is 36.9 Å². The Labute approximate surface area is 211 Å². The van der Waals surface area contributed by atoms with Crippen LogP contribution in [0.5, 0.6) is 17.2 Å². The SMILES string of the molecule is C/C=C\c1c(C)ccc(O)c1-c1cc(NS(=O)(=O)c2ccc(O)c(C(F)(F)F)c2)c2ccccc2c1O. The lowest BCUT2D eigenvalue weighted by Crippen LogP contribution is -2.15. The summed E-state index contributed by atoms with van der Waals surface area (Å²) in [4.78, 5) is -0.718. The van der Waals surface area contributed by atoms with Crippen molar-refractivity contribution in [2.45, 2.75) is 24.9 Å². The van der Waals surface area contributed by atoms with Crippen LogP contribution in [0.15, 0.2) is 71.6 Å². The number of phenolic OH excluding ortho intramolecular Hbond substituents is 3. The number of halogens is 3. The molecule has 0 aliphatic carbocycles. The van der Waals surface area contributed by atoms with Crippen LogP contribution in [0.1, 0.15) is 23.6 Å². The molecule has 0 amide bonds. The number of hydrogen-bond acceptors (Lipinski definition) is 5. The molecular weight excluding hydrogens is 507 g/mol. The van der Waals surface area contributed by atoms with E-state index in [1.165, 1.54) is 18.2 Å². The molecule has 0 saturated carbocycles. The molecule has 10 heteroatoms. The summed E-state index contributed by atoms with van der Waals surface area (Å²) in [6.45, 7) is 3.59. The largest absolute Gasteiger partial charge is 0.507 e. The second-order valence-electron chi connectivity index (χ2n) is 8.34. The maximum absolute atomic E-state index is 13.3. The molecule has 0 aromatic heterocycles. The summed E-state index contributed by atoms with van der Waals surface area (Å²) < 4.78 is 68.5. The molecule has 192 valence electrons. The van der Waals surface area contributed by atoms with E-state index in [2.05, 4.69) is 4.72 Å². The molecule has 0 saturated heterocycles. The van der Waals surface area contributed by atoms with Crippen LogP contribution in [-0.4, -0.2) is 23.7 Å². The number of sulfonamides is 1. The number of alkyl halides is 3.